The number of hydrogen-bond donors (Lipinski definition) is 6. The zero-order valence-corrected chi connectivity index (χ0v) is 38.6. The number of nitrogens with one attached hydrogen (secondary N) is 5. The maximum Gasteiger partial charge on any atom is 0.251 e. The quantitative estimate of drug-likeness (QED) is 0.0858. The average Bonchev–Trinajstić information content (AvgIpc) is 3.87. The second-order valence-electron chi connectivity index (χ2n) is 19.5. The van der Waals surface area contributed by atoms with Crippen LogP contribution in [0.4, 0.5) is 0 Å². The molecule has 62 heavy (non-hydrogen) atoms. The maximum atomic E-state index is 14.0. The molecule has 0 heterocycles. The molecular weight excluding hydrogens is 785 g/mol. The molecular formula is C49H74N6O7. The molecule has 2 saturated carbocycles. The van der Waals surface area contributed by atoms with Crippen LogP contribution < -0.4 is 26.6 Å². The maximum absolute atomic E-state index is 14.0. The summed E-state index contributed by atoms with van der Waals surface area (Å²) in [6.07, 6.45) is 7.29. The second kappa shape index (κ2) is 23.2. The molecule has 2 aliphatic rings. The molecule has 5 amide bonds. The number of hydrogen-bond acceptors (Lipinski definition) is 8. The molecule has 8 atom stereocenters. The van der Waals surface area contributed by atoms with Crippen molar-refractivity contribution in [2.45, 2.75) is 155 Å². The number of ketones is 1. The van der Waals surface area contributed by atoms with Gasteiger partial charge in [0.2, 0.25) is 23.6 Å². The molecule has 4 rings (SSSR count). The van der Waals surface area contributed by atoms with Gasteiger partial charge in [-0.3, -0.25) is 28.8 Å². The molecule has 2 bridgehead atoms. The first-order valence-corrected chi connectivity index (χ1v) is 22.8. The molecule has 0 radical (unpaired) electrons. The molecule has 342 valence electrons. The highest BCUT2D eigenvalue weighted by Gasteiger charge is 2.41. The number of carbonyl (C=O) groups is 6. The fourth-order valence-electron chi connectivity index (χ4n) is 8.85. The summed E-state index contributed by atoms with van der Waals surface area (Å²) >= 11 is 0. The lowest BCUT2D eigenvalue weighted by Gasteiger charge is -2.31. The second-order valence-corrected chi connectivity index (χ2v) is 19.5. The molecule has 2 aliphatic carbocycles. The minimum Gasteiger partial charge on any atom is -0.394 e. The van der Waals surface area contributed by atoms with Crippen molar-refractivity contribution in [2.24, 2.45) is 23.7 Å². The number of unbranched alkanes of at least 4 members (excludes halogenated alkanes) is 1. The largest absolute Gasteiger partial charge is 0.394 e. The first kappa shape index (κ1) is 50.0. The molecule has 0 aromatic heterocycles. The number of amides is 5. The van der Waals surface area contributed by atoms with Gasteiger partial charge in [0.15, 0.2) is 5.78 Å². The smallest absolute Gasteiger partial charge is 0.251 e. The lowest BCUT2D eigenvalue weighted by atomic mass is 9.86. The number of aliphatic hydroxyl groups excluding tert-OH is 1. The van der Waals surface area contributed by atoms with Gasteiger partial charge in [-0.25, -0.2) is 0 Å². The number of rotatable bonds is 23. The van der Waals surface area contributed by atoms with Gasteiger partial charge in [0.25, 0.3) is 5.91 Å². The van der Waals surface area contributed by atoms with Crippen LogP contribution in [0.5, 0.6) is 0 Å². The molecule has 6 N–H and O–H groups in total. The van der Waals surface area contributed by atoms with Crippen LogP contribution in [-0.2, 0) is 35.8 Å². The molecule has 0 aliphatic heterocycles. The zero-order chi connectivity index (χ0) is 45.7. The summed E-state index contributed by atoms with van der Waals surface area (Å²) in [5.74, 6) is -1.98. The minimum absolute atomic E-state index is 0.0324. The van der Waals surface area contributed by atoms with Gasteiger partial charge >= 0.3 is 0 Å². The summed E-state index contributed by atoms with van der Waals surface area (Å²) in [7, 11) is 2.16. The Labute approximate surface area is 369 Å². The van der Waals surface area contributed by atoms with Gasteiger partial charge in [0.1, 0.15) is 30.2 Å². The Balaban J connectivity index is 1.43. The summed E-state index contributed by atoms with van der Waals surface area (Å²) in [6, 6.07) is 11.8. The average molecular weight is 859 g/mol. The first-order chi connectivity index (χ1) is 29.3. The highest BCUT2D eigenvalue weighted by Crippen LogP contribution is 2.46. The Kier molecular flexibility index (Phi) is 18.7. The van der Waals surface area contributed by atoms with Crippen molar-refractivity contribution >= 4 is 35.3 Å². The lowest BCUT2D eigenvalue weighted by Crippen LogP contribution is -2.59. The summed E-state index contributed by atoms with van der Waals surface area (Å²) in [6.45, 7) is 15.2. The van der Waals surface area contributed by atoms with Gasteiger partial charge in [-0.15, -0.1) is 0 Å². The van der Waals surface area contributed by atoms with E-state index in [-0.39, 0.29) is 30.0 Å². The Bertz CT molecular complexity index is 1810. The molecule has 13 heteroatoms. The molecule has 0 saturated heterocycles. The zero-order valence-electron chi connectivity index (χ0n) is 38.6. The van der Waals surface area contributed by atoms with Gasteiger partial charge in [-0.1, -0.05) is 97.4 Å². The molecule has 3 unspecified atom stereocenters. The highest BCUT2D eigenvalue weighted by molar-refractivity contribution is 5.99. The van der Waals surface area contributed by atoms with Crippen LogP contribution in [0.2, 0.25) is 0 Å². The fourth-order valence-corrected chi connectivity index (χ4v) is 8.85. The molecule has 2 aromatic rings. The van der Waals surface area contributed by atoms with Crippen LogP contribution in [0.15, 0.2) is 54.6 Å². The number of benzene rings is 2. The van der Waals surface area contributed by atoms with Crippen molar-refractivity contribution in [1.29, 1.82) is 0 Å². The Morgan fingerprint density at radius 1 is 0.710 bits per heavy atom. The summed E-state index contributed by atoms with van der Waals surface area (Å²) in [4.78, 5) is 84.0. The molecule has 2 fully saturated rings. The van der Waals surface area contributed by atoms with Gasteiger partial charge in [0.05, 0.1) is 6.61 Å². The van der Waals surface area contributed by atoms with E-state index >= 15 is 0 Å². The van der Waals surface area contributed by atoms with Crippen LogP contribution in [0.3, 0.4) is 0 Å². The third-order valence-electron chi connectivity index (χ3n) is 12.6. The van der Waals surface area contributed by atoms with Gasteiger partial charge in [0, 0.05) is 23.9 Å². The van der Waals surface area contributed by atoms with E-state index in [4.69, 9.17) is 0 Å². The van der Waals surface area contributed by atoms with Crippen molar-refractivity contribution in [1.82, 2.24) is 31.5 Å². The molecule has 13 nitrogen and oxygen atoms in total. The van der Waals surface area contributed by atoms with Gasteiger partial charge < -0.3 is 36.6 Å². The van der Waals surface area contributed by atoms with E-state index in [9.17, 15) is 33.9 Å². The number of carbonyl (C=O) groups excluding carboxylic acids is 6. The van der Waals surface area contributed by atoms with Crippen LogP contribution >= 0.6 is 0 Å². The predicted octanol–water partition coefficient (Wildman–Crippen LogP) is 4.84. The van der Waals surface area contributed by atoms with E-state index in [0.717, 1.165) is 35.9 Å². The standard InChI is InChI=1S/C49H74N6O7/c1-30(2)25-39(48(62)51-38(46(60)54-41(29-56)43(57)31(3)4)17-13-14-24-55(9)42-28-34-18-19-36(42)26-34)52-44(58)32(5)50-47(61)40(27-33-15-11-10-12-16-33)53-45(59)35-20-22-37(23-21-35)49(6,7)8/h10-12,15-16,20-23,30-32,34,36,38-42,56H,13-14,17-19,24-29H2,1-9H3,(H,50,61)(H,51,62)(H,52,58)(H,53,59)(H,54,60)/t32-,34?,36?,38-,39-,40-,41-,42?/m0/s1. The number of aliphatic hydroxyl groups is 1. The third kappa shape index (κ3) is 14.7. The number of nitrogens with zero attached hydrogens (tertiary/aromatic N) is 1. The fraction of sp³-hybridized carbons (Fsp3) is 0.633. The molecule has 2 aromatic carbocycles. The first-order valence-electron chi connectivity index (χ1n) is 22.8. The van der Waals surface area contributed by atoms with Crippen LogP contribution in [0.1, 0.15) is 128 Å². The van der Waals surface area contributed by atoms with E-state index in [2.05, 4.69) is 59.3 Å². The number of Topliss-reactive ketones (excluding diaryl/α,β-unsaturated/α-hetero) is 1. The predicted molar refractivity (Wildman–Crippen MR) is 242 cm³/mol. The van der Waals surface area contributed by atoms with Crippen LogP contribution in [0.25, 0.3) is 0 Å². The van der Waals surface area contributed by atoms with Gasteiger partial charge in [-0.05, 0) is 112 Å². The van der Waals surface area contributed by atoms with Crippen molar-refractivity contribution in [3.8, 4) is 0 Å². The number of fused-ring (bicyclic) bond motifs is 2. The van der Waals surface area contributed by atoms with Crippen molar-refractivity contribution in [2.75, 3.05) is 20.2 Å². The van der Waals surface area contributed by atoms with E-state index in [1.807, 2.05) is 56.3 Å². The van der Waals surface area contributed by atoms with Crippen molar-refractivity contribution in [3.63, 3.8) is 0 Å². The Hall–Kier alpha value is -4.62. The Morgan fingerprint density at radius 2 is 1.32 bits per heavy atom. The summed E-state index contributed by atoms with van der Waals surface area (Å²) in [5.41, 5.74) is 2.17. The van der Waals surface area contributed by atoms with E-state index in [1.165, 1.54) is 32.6 Å². The van der Waals surface area contributed by atoms with Crippen molar-refractivity contribution < 1.29 is 33.9 Å². The normalized spacial score (nSPS) is 19.7. The van der Waals surface area contributed by atoms with Gasteiger partial charge in [-0.2, -0.15) is 0 Å². The lowest BCUT2D eigenvalue weighted by molar-refractivity contribution is -0.135. The van der Waals surface area contributed by atoms with E-state index < -0.39 is 72.3 Å². The van der Waals surface area contributed by atoms with Crippen LogP contribution in [-0.4, -0.2) is 102 Å². The third-order valence-corrected chi connectivity index (χ3v) is 12.6. The SMILES string of the molecule is CC(C)C[C@H](NC(=O)[C@H](C)NC(=O)[C@H](Cc1ccccc1)NC(=O)c1ccc(C(C)(C)C)cc1)C(=O)N[C@@H](CCCCN(C)C1CC2CCC1C2)C(=O)N[C@@H](CO)C(=O)C(C)C. The van der Waals surface area contributed by atoms with E-state index in [0.29, 0.717) is 24.4 Å². The summed E-state index contributed by atoms with van der Waals surface area (Å²) in [5, 5.41) is 23.9. The summed E-state index contributed by atoms with van der Waals surface area (Å²) < 4.78 is 0. The highest BCUT2D eigenvalue weighted by atomic mass is 16.3. The topological polar surface area (TPSA) is 186 Å². The van der Waals surface area contributed by atoms with Crippen LogP contribution in [0, 0.1) is 23.7 Å². The van der Waals surface area contributed by atoms with Crippen molar-refractivity contribution in [3.05, 3.63) is 71.3 Å². The molecule has 0 spiro atoms. The minimum atomic E-state index is -1.12. The van der Waals surface area contributed by atoms with E-state index in [1.54, 1.807) is 26.0 Å². The monoisotopic (exact) mass is 859 g/mol. The Morgan fingerprint density at radius 3 is 1.89 bits per heavy atom.